The third-order valence-electron chi connectivity index (χ3n) is 2.88. The largest absolute Gasteiger partial charge is 0.393 e. The monoisotopic (exact) mass is 381 g/mol. The van der Waals surface area contributed by atoms with Crippen LogP contribution in [0.3, 0.4) is 0 Å². The van der Waals surface area contributed by atoms with E-state index in [1.54, 1.807) is 0 Å². The van der Waals surface area contributed by atoms with Gasteiger partial charge in [0.25, 0.3) is 5.91 Å². The second-order valence-electron chi connectivity index (χ2n) is 4.23. The van der Waals surface area contributed by atoms with Crippen LogP contribution in [0.1, 0.15) is 36.0 Å². The number of nitrogens with one attached hydrogen (secondary N) is 1. The molecule has 0 spiro atoms. The van der Waals surface area contributed by atoms with E-state index in [0.29, 0.717) is 12.0 Å². The van der Waals surface area contributed by atoms with Gasteiger partial charge < -0.3 is 10.4 Å². The highest BCUT2D eigenvalue weighted by atomic mass is 79.9. The maximum atomic E-state index is 12.0. The van der Waals surface area contributed by atoms with E-state index in [0.717, 1.165) is 26.8 Å². The fourth-order valence-electron chi connectivity index (χ4n) is 2.05. The zero-order valence-corrected chi connectivity index (χ0v) is 13.1. The van der Waals surface area contributed by atoms with Crippen LogP contribution in [0, 0.1) is 0 Å². The molecule has 1 fully saturated rings. The lowest BCUT2D eigenvalue weighted by Gasteiger charge is -2.26. The third kappa shape index (κ3) is 3.53. The Morgan fingerprint density at radius 3 is 2.82 bits per heavy atom. The van der Waals surface area contributed by atoms with E-state index >= 15 is 0 Å². The van der Waals surface area contributed by atoms with E-state index < -0.39 is 0 Å². The van der Waals surface area contributed by atoms with Crippen LogP contribution in [0.2, 0.25) is 0 Å². The van der Waals surface area contributed by atoms with Gasteiger partial charge in [0, 0.05) is 6.04 Å². The molecule has 1 amide bonds. The van der Waals surface area contributed by atoms with Crippen LogP contribution < -0.4 is 5.32 Å². The van der Waals surface area contributed by atoms with E-state index in [4.69, 9.17) is 0 Å². The molecule has 0 aliphatic heterocycles. The van der Waals surface area contributed by atoms with Crippen LogP contribution in [0.4, 0.5) is 0 Å². The lowest BCUT2D eigenvalue weighted by atomic mass is 9.93. The molecule has 1 saturated carbocycles. The molecule has 0 saturated heterocycles. The lowest BCUT2D eigenvalue weighted by molar-refractivity contribution is 0.0849. The van der Waals surface area contributed by atoms with Crippen LogP contribution in [-0.4, -0.2) is 23.2 Å². The quantitative estimate of drug-likeness (QED) is 0.824. The Morgan fingerprint density at radius 2 is 2.24 bits per heavy atom. The molecular weight excluding hydrogens is 370 g/mol. The van der Waals surface area contributed by atoms with Crippen molar-refractivity contribution in [1.82, 2.24) is 5.32 Å². The highest BCUT2D eigenvalue weighted by molar-refractivity contribution is 9.12. The van der Waals surface area contributed by atoms with Crippen LogP contribution in [0.15, 0.2) is 13.6 Å². The minimum atomic E-state index is -0.272. The first-order valence-corrected chi connectivity index (χ1v) is 7.90. The number of halogens is 2. The van der Waals surface area contributed by atoms with Crippen molar-refractivity contribution in [2.75, 3.05) is 0 Å². The SMILES string of the molecule is O=C(NC1CCCC(O)C1)c1cc(Br)sc1Br. The van der Waals surface area contributed by atoms with Gasteiger partial charge in [0.15, 0.2) is 0 Å². The van der Waals surface area contributed by atoms with Crippen molar-refractivity contribution in [3.8, 4) is 0 Å². The van der Waals surface area contributed by atoms with E-state index in [2.05, 4.69) is 37.2 Å². The maximum absolute atomic E-state index is 12.0. The summed E-state index contributed by atoms with van der Waals surface area (Å²) in [7, 11) is 0. The van der Waals surface area contributed by atoms with Gasteiger partial charge in [-0.05, 0) is 63.6 Å². The molecule has 2 unspecified atom stereocenters. The summed E-state index contributed by atoms with van der Waals surface area (Å²) in [5.41, 5.74) is 0.655. The van der Waals surface area contributed by atoms with E-state index in [1.165, 1.54) is 11.3 Å². The predicted octanol–water partition coefficient (Wildman–Crippen LogP) is 3.31. The fraction of sp³-hybridized carbons (Fsp3) is 0.545. The van der Waals surface area contributed by atoms with Gasteiger partial charge in [0.1, 0.15) is 0 Å². The summed E-state index contributed by atoms with van der Waals surface area (Å²) in [4.78, 5) is 12.0. The number of thiophene rings is 1. The van der Waals surface area contributed by atoms with Gasteiger partial charge in [0.2, 0.25) is 0 Å². The molecule has 1 aromatic rings. The molecule has 2 N–H and O–H groups in total. The molecule has 1 aliphatic rings. The third-order valence-corrected chi connectivity index (χ3v) is 5.22. The molecule has 3 nitrogen and oxygen atoms in total. The minimum Gasteiger partial charge on any atom is -0.393 e. The van der Waals surface area contributed by atoms with Crippen LogP contribution in [0.5, 0.6) is 0 Å². The van der Waals surface area contributed by atoms with Gasteiger partial charge in [0.05, 0.1) is 19.2 Å². The number of hydrogen-bond donors (Lipinski definition) is 2. The molecule has 17 heavy (non-hydrogen) atoms. The second kappa shape index (κ2) is 5.82. The average Bonchev–Trinajstić information content (AvgIpc) is 2.58. The summed E-state index contributed by atoms with van der Waals surface area (Å²) in [6.07, 6.45) is 3.16. The number of amides is 1. The zero-order chi connectivity index (χ0) is 12.4. The Hall–Kier alpha value is 0.0900. The Balaban J connectivity index is 1.99. The molecule has 94 valence electrons. The number of hydrogen-bond acceptors (Lipinski definition) is 3. The van der Waals surface area contributed by atoms with Crippen molar-refractivity contribution in [3.63, 3.8) is 0 Å². The molecule has 0 aromatic carbocycles. The van der Waals surface area contributed by atoms with Crippen LogP contribution >= 0.6 is 43.2 Å². The normalized spacial score (nSPS) is 24.6. The van der Waals surface area contributed by atoms with Gasteiger partial charge >= 0.3 is 0 Å². The topological polar surface area (TPSA) is 49.3 Å². The van der Waals surface area contributed by atoms with Gasteiger partial charge in [-0.2, -0.15) is 0 Å². The Bertz CT molecular complexity index is 422. The molecule has 0 bridgehead atoms. The smallest absolute Gasteiger partial charge is 0.253 e. The van der Waals surface area contributed by atoms with Crippen molar-refractivity contribution in [2.45, 2.75) is 37.8 Å². The molecule has 2 rings (SSSR count). The summed E-state index contributed by atoms with van der Waals surface area (Å²) >= 11 is 8.21. The average molecular weight is 383 g/mol. The van der Waals surface area contributed by atoms with Gasteiger partial charge in [-0.15, -0.1) is 11.3 Å². The van der Waals surface area contributed by atoms with E-state index in [1.807, 2.05) is 6.07 Å². The van der Waals surface area contributed by atoms with Crippen LogP contribution in [0.25, 0.3) is 0 Å². The number of rotatable bonds is 2. The number of carbonyl (C=O) groups is 1. The van der Waals surface area contributed by atoms with Crippen molar-refractivity contribution in [1.29, 1.82) is 0 Å². The standard InChI is InChI=1S/C11H13Br2NO2S/c12-9-5-8(10(13)17-9)11(16)14-6-2-1-3-7(15)4-6/h5-7,15H,1-4H2,(H,14,16). The van der Waals surface area contributed by atoms with Gasteiger partial charge in [-0.25, -0.2) is 0 Å². The zero-order valence-electron chi connectivity index (χ0n) is 9.08. The lowest BCUT2D eigenvalue weighted by Crippen LogP contribution is -2.39. The molecule has 0 radical (unpaired) electrons. The Labute approximate surface area is 121 Å². The first-order chi connectivity index (χ1) is 8.06. The molecular formula is C11H13Br2NO2S. The van der Waals surface area contributed by atoms with Gasteiger partial charge in [-0.3, -0.25) is 4.79 Å². The molecule has 2 atom stereocenters. The summed E-state index contributed by atoms with van der Waals surface area (Å²) in [5.74, 6) is -0.0714. The summed E-state index contributed by atoms with van der Waals surface area (Å²) in [6.45, 7) is 0. The Kier molecular flexibility index (Phi) is 4.63. The first kappa shape index (κ1) is 13.5. The maximum Gasteiger partial charge on any atom is 0.253 e. The highest BCUT2D eigenvalue weighted by Gasteiger charge is 2.23. The fourth-order valence-corrected chi connectivity index (χ4v) is 4.85. The molecule has 1 aliphatic carbocycles. The van der Waals surface area contributed by atoms with E-state index in [9.17, 15) is 9.90 Å². The number of aliphatic hydroxyl groups excluding tert-OH is 1. The molecule has 1 heterocycles. The van der Waals surface area contributed by atoms with E-state index in [-0.39, 0.29) is 18.1 Å². The number of carbonyl (C=O) groups excluding carboxylic acids is 1. The van der Waals surface area contributed by atoms with Gasteiger partial charge in [-0.1, -0.05) is 0 Å². The highest BCUT2D eigenvalue weighted by Crippen LogP contribution is 2.32. The van der Waals surface area contributed by atoms with Crippen molar-refractivity contribution in [3.05, 3.63) is 19.2 Å². The number of aliphatic hydroxyl groups is 1. The molecule has 6 heteroatoms. The summed E-state index contributed by atoms with van der Waals surface area (Å²) in [5, 5.41) is 12.5. The summed E-state index contributed by atoms with van der Waals surface area (Å²) in [6, 6.07) is 1.90. The minimum absolute atomic E-state index is 0.0714. The predicted molar refractivity (Wildman–Crippen MR) is 75.4 cm³/mol. The Morgan fingerprint density at radius 1 is 1.47 bits per heavy atom. The van der Waals surface area contributed by atoms with Crippen LogP contribution in [-0.2, 0) is 0 Å². The molecule has 1 aromatic heterocycles. The van der Waals surface area contributed by atoms with Crippen molar-refractivity contribution in [2.24, 2.45) is 0 Å². The first-order valence-electron chi connectivity index (χ1n) is 5.50. The van der Waals surface area contributed by atoms with Crippen molar-refractivity contribution >= 4 is 49.1 Å². The summed E-state index contributed by atoms with van der Waals surface area (Å²) < 4.78 is 1.76. The second-order valence-corrected chi connectivity index (χ2v) is 7.98. The van der Waals surface area contributed by atoms with Crippen molar-refractivity contribution < 1.29 is 9.90 Å².